The molecule has 0 aromatic carbocycles. The van der Waals surface area contributed by atoms with Crippen molar-refractivity contribution in [3.63, 3.8) is 0 Å². The number of carbonyl (C=O) groups is 2. The Balaban J connectivity index is 4.00. The fraction of sp³-hybridized carbons (Fsp3) is 0.455. The number of hydrogen-bond donors (Lipinski definition) is 2. The lowest BCUT2D eigenvalue weighted by atomic mass is 10.2. The Kier molecular flexibility index (Phi) is 6.87. The first-order valence-electron chi connectivity index (χ1n) is 4.86. The molecule has 5 heteroatoms. The lowest BCUT2D eigenvalue weighted by molar-refractivity contribution is -0.144. The van der Waals surface area contributed by atoms with Gasteiger partial charge in [0.2, 0.25) is 0 Å². The van der Waals surface area contributed by atoms with Crippen molar-refractivity contribution in [1.82, 2.24) is 0 Å². The molecular weight excluding hydrogens is 212 g/mol. The zero-order valence-electron chi connectivity index (χ0n) is 9.18. The summed E-state index contributed by atoms with van der Waals surface area (Å²) in [5.74, 6) is -1.65. The topological polar surface area (TPSA) is 83.8 Å². The molecule has 0 aliphatic rings. The van der Waals surface area contributed by atoms with E-state index in [4.69, 9.17) is 14.9 Å². The van der Waals surface area contributed by atoms with Crippen LogP contribution in [0, 0.1) is 0 Å². The summed E-state index contributed by atoms with van der Waals surface area (Å²) in [5.41, 5.74) is 0.183. The Hall–Kier alpha value is -1.62. The van der Waals surface area contributed by atoms with Crippen LogP contribution in [0.1, 0.15) is 19.8 Å². The van der Waals surface area contributed by atoms with Crippen LogP contribution in [0.25, 0.3) is 0 Å². The summed E-state index contributed by atoms with van der Waals surface area (Å²) in [4.78, 5) is 21.5. The monoisotopic (exact) mass is 228 g/mol. The minimum Gasteiger partial charge on any atom is -0.478 e. The van der Waals surface area contributed by atoms with E-state index >= 15 is 0 Å². The first kappa shape index (κ1) is 14.4. The molecule has 0 bridgehead atoms. The number of aliphatic hydroxyl groups excluding tert-OH is 1. The molecule has 0 fully saturated rings. The third kappa shape index (κ3) is 6.78. The summed E-state index contributed by atoms with van der Waals surface area (Å²) >= 11 is 0. The van der Waals surface area contributed by atoms with Crippen LogP contribution in [0.4, 0.5) is 0 Å². The van der Waals surface area contributed by atoms with Crippen molar-refractivity contribution in [2.75, 3.05) is 6.61 Å². The number of allylic oxidation sites excluding steroid dienone is 1. The number of esters is 1. The van der Waals surface area contributed by atoms with Gasteiger partial charge in [-0.3, -0.25) is 0 Å². The van der Waals surface area contributed by atoms with Crippen LogP contribution >= 0.6 is 0 Å². The molecule has 90 valence electrons. The molecule has 1 unspecified atom stereocenters. The van der Waals surface area contributed by atoms with Crippen molar-refractivity contribution < 1.29 is 24.5 Å². The molecule has 0 amide bonds. The van der Waals surface area contributed by atoms with E-state index in [0.717, 1.165) is 6.08 Å². The number of hydrogen-bond acceptors (Lipinski definition) is 4. The maximum atomic E-state index is 11.3. The van der Waals surface area contributed by atoms with E-state index in [0.29, 0.717) is 6.42 Å². The number of rotatable bonds is 7. The van der Waals surface area contributed by atoms with Crippen molar-refractivity contribution in [2.45, 2.75) is 25.9 Å². The van der Waals surface area contributed by atoms with E-state index in [9.17, 15) is 9.59 Å². The quantitative estimate of drug-likeness (QED) is 0.499. The molecular formula is C11H16O5. The molecule has 0 aliphatic heterocycles. The minimum absolute atomic E-state index is 0.0557. The SMILES string of the molecule is C=C(CC=CC(=O)O)C(=O)OC(C)CCO. The van der Waals surface area contributed by atoms with Gasteiger partial charge in [-0.05, 0) is 13.3 Å². The molecule has 0 saturated carbocycles. The van der Waals surface area contributed by atoms with Gasteiger partial charge in [-0.15, -0.1) is 0 Å². The number of carboxylic acids is 1. The first-order chi connectivity index (χ1) is 7.47. The molecule has 0 rings (SSSR count). The van der Waals surface area contributed by atoms with E-state index in [1.807, 2.05) is 0 Å². The molecule has 1 atom stereocenters. The van der Waals surface area contributed by atoms with Gasteiger partial charge in [0, 0.05) is 24.7 Å². The molecule has 0 spiro atoms. The molecule has 5 nitrogen and oxygen atoms in total. The summed E-state index contributed by atoms with van der Waals surface area (Å²) in [6.45, 7) is 5.09. The zero-order valence-corrected chi connectivity index (χ0v) is 9.18. The number of carboxylic acid groups (broad SMARTS) is 1. The normalized spacial score (nSPS) is 12.4. The minimum atomic E-state index is -1.07. The van der Waals surface area contributed by atoms with Crippen molar-refractivity contribution in [1.29, 1.82) is 0 Å². The summed E-state index contributed by atoms with van der Waals surface area (Å²) in [7, 11) is 0. The van der Waals surface area contributed by atoms with Crippen LogP contribution in [0.5, 0.6) is 0 Å². The molecule has 0 aliphatic carbocycles. The van der Waals surface area contributed by atoms with Crippen molar-refractivity contribution in [2.24, 2.45) is 0 Å². The first-order valence-corrected chi connectivity index (χ1v) is 4.86. The summed E-state index contributed by atoms with van der Waals surface area (Å²) in [6, 6.07) is 0. The van der Waals surface area contributed by atoms with Gasteiger partial charge < -0.3 is 14.9 Å². The standard InChI is InChI=1S/C11H16O5/c1-8(4-3-5-10(13)14)11(15)16-9(2)6-7-12/h3,5,9,12H,1,4,6-7H2,2H3,(H,13,14). The van der Waals surface area contributed by atoms with Gasteiger partial charge in [0.25, 0.3) is 0 Å². The molecule has 16 heavy (non-hydrogen) atoms. The Morgan fingerprint density at radius 3 is 2.62 bits per heavy atom. The summed E-state index contributed by atoms with van der Waals surface area (Å²) in [6.07, 6.45) is 2.39. The van der Waals surface area contributed by atoms with Crippen LogP contribution in [-0.2, 0) is 14.3 Å². The van der Waals surface area contributed by atoms with E-state index in [2.05, 4.69) is 6.58 Å². The van der Waals surface area contributed by atoms with Gasteiger partial charge in [0.1, 0.15) is 6.10 Å². The lowest BCUT2D eigenvalue weighted by Gasteiger charge is -2.12. The van der Waals surface area contributed by atoms with Gasteiger partial charge in [0.05, 0.1) is 0 Å². The van der Waals surface area contributed by atoms with E-state index in [1.165, 1.54) is 6.08 Å². The fourth-order valence-electron chi connectivity index (χ4n) is 0.892. The second-order valence-electron chi connectivity index (χ2n) is 3.28. The van der Waals surface area contributed by atoms with E-state index < -0.39 is 11.9 Å². The van der Waals surface area contributed by atoms with E-state index in [1.54, 1.807) is 6.92 Å². The largest absolute Gasteiger partial charge is 0.478 e. The highest BCUT2D eigenvalue weighted by Gasteiger charge is 2.11. The number of aliphatic carboxylic acids is 1. The van der Waals surface area contributed by atoms with Gasteiger partial charge in [-0.2, -0.15) is 0 Å². The molecule has 0 aromatic heterocycles. The van der Waals surface area contributed by atoms with Crippen LogP contribution in [-0.4, -0.2) is 34.9 Å². The molecule has 0 radical (unpaired) electrons. The Labute approximate surface area is 94.0 Å². The smallest absolute Gasteiger partial charge is 0.333 e. The molecule has 0 aromatic rings. The van der Waals surface area contributed by atoms with Crippen LogP contribution in [0.3, 0.4) is 0 Å². The predicted molar refractivity (Wildman–Crippen MR) is 57.8 cm³/mol. The average molecular weight is 228 g/mol. The molecule has 0 saturated heterocycles. The number of carbonyl (C=O) groups excluding carboxylic acids is 1. The van der Waals surface area contributed by atoms with Crippen LogP contribution in [0.15, 0.2) is 24.3 Å². The van der Waals surface area contributed by atoms with Crippen LogP contribution in [0.2, 0.25) is 0 Å². The predicted octanol–water partition coefficient (Wildman–Crippen LogP) is 0.888. The molecule has 2 N–H and O–H groups in total. The van der Waals surface area contributed by atoms with Crippen molar-refractivity contribution >= 4 is 11.9 Å². The zero-order chi connectivity index (χ0) is 12.6. The van der Waals surface area contributed by atoms with Crippen LogP contribution < -0.4 is 0 Å². The van der Waals surface area contributed by atoms with Gasteiger partial charge >= 0.3 is 11.9 Å². The van der Waals surface area contributed by atoms with Crippen molar-refractivity contribution in [3.05, 3.63) is 24.3 Å². The fourth-order valence-corrected chi connectivity index (χ4v) is 0.892. The number of ether oxygens (including phenoxy) is 1. The Morgan fingerprint density at radius 1 is 1.50 bits per heavy atom. The maximum Gasteiger partial charge on any atom is 0.333 e. The maximum absolute atomic E-state index is 11.3. The van der Waals surface area contributed by atoms with Gasteiger partial charge in [-0.25, -0.2) is 9.59 Å². The second-order valence-corrected chi connectivity index (χ2v) is 3.28. The van der Waals surface area contributed by atoms with Gasteiger partial charge in [-0.1, -0.05) is 12.7 Å². The second kappa shape index (κ2) is 7.64. The van der Waals surface area contributed by atoms with E-state index in [-0.39, 0.29) is 24.7 Å². The third-order valence-corrected chi connectivity index (χ3v) is 1.76. The molecule has 0 heterocycles. The highest BCUT2D eigenvalue weighted by molar-refractivity contribution is 5.88. The lowest BCUT2D eigenvalue weighted by Crippen LogP contribution is -2.17. The highest BCUT2D eigenvalue weighted by atomic mass is 16.5. The summed E-state index contributed by atoms with van der Waals surface area (Å²) < 4.78 is 4.93. The Bertz CT molecular complexity index is 293. The average Bonchev–Trinajstić information content (AvgIpc) is 2.17. The highest BCUT2D eigenvalue weighted by Crippen LogP contribution is 2.06. The van der Waals surface area contributed by atoms with Gasteiger partial charge in [0.15, 0.2) is 0 Å². The number of aliphatic hydroxyl groups is 1. The third-order valence-electron chi connectivity index (χ3n) is 1.76. The summed E-state index contributed by atoms with van der Waals surface area (Å²) in [5, 5.41) is 16.9. The Morgan fingerprint density at radius 2 is 2.12 bits per heavy atom. The van der Waals surface area contributed by atoms with Crippen molar-refractivity contribution in [3.8, 4) is 0 Å².